The molecule has 1 aliphatic rings. The third-order valence-corrected chi connectivity index (χ3v) is 3.97. The first-order chi connectivity index (χ1) is 11.5. The first kappa shape index (κ1) is 22.5. The van der Waals surface area contributed by atoms with E-state index in [4.69, 9.17) is 0 Å². The van der Waals surface area contributed by atoms with Crippen molar-refractivity contribution in [3.05, 3.63) is 59.9 Å². The van der Waals surface area contributed by atoms with Gasteiger partial charge in [0.2, 0.25) is 0 Å². The van der Waals surface area contributed by atoms with Crippen LogP contribution in [-0.2, 0) is 0 Å². The van der Waals surface area contributed by atoms with Crippen molar-refractivity contribution < 1.29 is 17.9 Å². The molecule has 1 aromatic heterocycles. The minimum absolute atomic E-state index is 0. The van der Waals surface area contributed by atoms with Crippen LogP contribution in [0.3, 0.4) is 0 Å². The number of alkyl halides is 3. The molecule has 4 nitrogen and oxygen atoms in total. The molecule has 0 aliphatic carbocycles. The molecule has 144 valence electrons. The predicted octanol–water partition coefficient (Wildman–Crippen LogP) is 3.82. The van der Waals surface area contributed by atoms with Gasteiger partial charge in [-0.15, -0.1) is 38.0 Å². The Morgan fingerprint density at radius 3 is 2.00 bits per heavy atom. The van der Waals surface area contributed by atoms with Crippen LogP contribution in [0.15, 0.2) is 48.8 Å². The van der Waals surface area contributed by atoms with E-state index in [0.717, 1.165) is 37.3 Å². The van der Waals surface area contributed by atoms with Gasteiger partial charge in [-0.3, -0.25) is 9.88 Å². The molecule has 0 bridgehead atoms. The highest BCUT2D eigenvalue weighted by molar-refractivity contribution is 5.85. The zero-order chi connectivity index (χ0) is 17.0. The Morgan fingerprint density at radius 1 is 0.923 bits per heavy atom. The molecule has 1 saturated heterocycles. The number of benzene rings is 1. The molecule has 1 atom stereocenters. The van der Waals surface area contributed by atoms with Crippen LogP contribution in [0.1, 0.15) is 17.2 Å². The van der Waals surface area contributed by atoms with Crippen LogP contribution < -0.4 is 10.1 Å². The summed E-state index contributed by atoms with van der Waals surface area (Å²) < 4.78 is 40.9. The van der Waals surface area contributed by atoms with Gasteiger partial charge in [0, 0.05) is 38.6 Å². The molecule has 0 amide bonds. The van der Waals surface area contributed by atoms with Gasteiger partial charge in [-0.2, -0.15) is 0 Å². The summed E-state index contributed by atoms with van der Waals surface area (Å²) in [5.74, 6) is -0.208. The van der Waals surface area contributed by atoms with Gasteiger partial charge < -0.3 is 10.1 Å². The Bertz CT molecular complexity index is 651. The van der Waals surface area contributed by atoms with Crippen LogP contribution in [-0.4, -0.2) is 42.4 Å². The van der Waals surface area contributed by atoms with Crippen molar-refractivity contribution in [2.75, 3.05) is 26.2 Å². The second-order valence-corrected chi connectivity index (χ2v) is 5.59. The van der Waals surface area contributed by atoms with Crippen molar-refractivity contribution >= 4 is 24.8 Å². The summed E-state index contributed by atoms with van der Waals surface area (Å²) in [6, 6.07) is 9.95. The average Bonchev–Trinajstić information content (AvgIpc) is 2.57. The average molecular weight is 410 g/mol. The van der Waals surface area contributed by atoms with E-state index in [1.54, 1.807) is 24.5 Å². The topological polar surface area (TPSA) is 37.4 Å². The van der Waals surface area contributed by atoms with Crippen LogP contribution in [0, 0.1) is 0 Å². The van der Waals surface area contributed by atoms with Crippen molar-refractivity contribution in [2.24, 2.45) is 0 Å². The van der Waals surface area contributed by atoms with E-state index in [1.807, 2.05) is 12.1 Å². The molecule has 1 aromatic carbocycles. The Labute approximate surface area is 162 Å². The first-order valence-corrected chi connectivity index (χ1v) is 7.73. The van der Waals surface area contributed by atoms with Crippen molar-refractivity contribution in [3.63, 3.8) is 0 Å². The molecule has 2 heterocycles. The summed E-state index contributed by atoms with van der Waals surface area (Å²) in [6.07, 6.45) is -1.22. The van der Waals surface area contributed by atoms with Gasteiger partial charge in [0.15, 0.2) is 0 Å². The van der Waals surface area contributed by atoms with Gasteiger partial charge in [0.05, 0.1) is 6.04 Å². The van der Waals surface area contributed by atoms with Crippen molar-refractivity contribution in [1.29, 1.82) is 0 Å². The van der Waals surface area contributed by atoms with Gasteiger partial charge >= 0.3 is 6.36 Å². The van der Waals surface area contributed by atoms with E-state index >= 15 is 0 Å². The zero-order valence-corrected chi connectivity index (χ0v) is 15.4. The van der Waals surface area contributed by atoms with Gasteiger partial charge in [-0.05, 0) is 35.4 Å². The van der Waals surface area contributed by atoms with Crippen LogP contribution in [0.4, 0.5) is 13.2 Å². The third kappa shape index (κ3) is 6.02. The summed E-state index contributed by atoms with van der Waals surface area (Å²) in [6.45, 7) is 3.51. The smallest absolute Gasteiger partial charge is 0.406 e. The second-order valence-electron chi connectivity index (χ2n) is 5.59. The number of rotatable bonds is 4. The highest BCUT2D eigenvalue weighted by Crippen LogP contribution is 2.31. The molecule has 0 unspecified atom stereocenters. The number of halogens is 5. The standard InChI is InChI=1S/C17H18F3N3O.2ClH/c18-17(19,20)24-15-3-1-13(2-4-15)16(14-5-7-21-8-6-14)23-11-9-22-10-12-23;;/h1-8,16,22H,9-12H2;2*1H/t16-;;/m0../s1. The van der Waals surface area contributed by atoms with Gasteiger partial charge in [0.25, 0.3) is 0 Å². The quantitative estimate of drug-likeness (QED) is 0.832. The molecule has 2 aromatic rings. The van der Waals surface area contributed by atoms with Crippen molar-refractivity contribution in [3.8, 4) is 5.75 Å². The summed E-state index contributed by atoms with van der Waals surface area (Å²) in [5, 5.41) is 3.31. The lowest BCUT2D eigenvalue weighted by atomic mass is 9.97. The highest BCUT2D eigenvalue weighted by atomic mass is 35.5. The maximum absolute atomic E-state index is 12.3. The van der Waals surface area contributed by atoms with Gasteiger partial charge in [0.1, 0.15) is 5.75 Å². The van der Waals surface area contributed by atoms with Gasteiger partial charge in [-0.1, -0.05) is 12.1 Å². The Balaban J connectivity index is 0.00000169. The Hall–Kier alpha value is -1.54. The maximum Gasteiger partial charge on any atom is 0.573 e. The number of hydrogen-bond donors (Lipinski definition) is 1. The summed E-state index contributed by atoms with van der Waals surface area (Å²) in [4.78, 5) is 6.36. The number of piperazine rings is 1. The summed E-state index contributed by atoms with van der Waals surface area (Å²) >= 11 is 0. The molecule has 9 heteroatoms. The number of hydrogen-bond acceptors (Lipinski definition) is 4. The monoisotopic (exact) mass is 409 g/mol. The number of nitrogens with zero attached hydrogens (tertiary/aromatic N) is 2. The lowest BCUT2D eigenvalue weighted by Crippen LogP contribution is -2.45. The fourth-order valence-electron chi connectivity index (χ4n) is 2.95. The van der Waals surface area contributed by atoms with Crippen LogP contribution in [0.5, 0.6) is 5.75 Å². The number of pyridine rings is 1. The molecule has 1 N–H and O–H groups in total. The molecule has 26 heavy (non-hydrogen) atoms. The Morgan fingerprint density at radius 2 is 1.46 bits per heavy atom. The van der Waals surface area contributed by atoms with E-state index in [2.05, 4.69) is 19.9 Å². The highest BCUT2D eigenvalue weighted by Gasteiger charge is 2.31. The molecule has 1 aliphatic heterocycles. The van der Waals surface area contributed by atoms with Crippen molar-refractivity contribution in [1.82, 2.24) is 15.2 Å². The van der Waals surface area contributed by atoms with E-state index in [0.29, 0.717) is 0 Å². The maximum atomic E-state index is 12.3. The fraction of sp³-hybridized carbons (Fsp3) is 0.353. The lowest BCUT2D eigenvalue weighted by molar-refractivity contribution is -0.274. The SMILES string of the molecule is Cl.Cl.FC(F)(F)Oc1ccc([C@@H](c2ccncc2)N2CCNCC2)cc1. The molecule has 1 fully saturated rings. The normalized spacial score (nSPS) is 16.1. The Kier molecular flexibility index (Phi) is 8.62. The van der Waals surface area contributed by atoms with E-state index < -0.39 is 6.36 Å². The minimum atomic E-state index is -4.68. The molecule has 0 saturated carbocycles. The largest absolute Gasteiger partial charge is 0.573 e. The first-order valence-electron chi connectivity index (χ1n) is 7.73. The molecular weight excluding hydrogens is 390 g/mol. The van der Waals surface area contributed by atoms with E-state index in [9.17, 15) is 13.2 Å². The molecular formula is C17H20Cl2F3N3O. The van der Waals surface area contributed by atoms with E-state index in [-0.39, 0.29) is 36.6 Å². The number of nitrogens with one attached hydrogen (secondary N) is 1. The minimum Gasteiger partial charge on any atom is -0.406 e. The van der Waals surface area contributed by atoms with Gasteiger partial charge in [-0.25, -0.2) is 0 Å². The molecule has 3 rings (SSSR count). The van der Waals surface area contributed by atoms with Crippen LogP contribution in [0.25, 0.3) is 0 Å². The third-order valence-electron chi connectivity index (χ3n) is 3.97. The molecule has 0 spiro atoms. The fourth-order valence-corrected chi connectivity index (χ4v) is 2.95. The number of aromatic nitrogens is 1. The van der Waals surface area contributed by atoms with Crippen molar-refractivity contribution in [2.45, 2.75) is 12.4 Å². The predicted molar refractivity (Wildman–Crippen MR) is 98.1 cm³/mol. The second kappa shape index (κ2) is 9.97. The molecule has 0 radical (unpaired) electrons. The van der Waals surface area contributed by atoms with E-state index in [1.165, 1.54) is 12.1 Å². The van der Waals surface area contributed by atoms with Crippen LogP contribution >= 0.6 is 24.8 Å². The summed E-state index contributed by atoms with van der Waals surface area (Å²) in [7, 11) is 0. The zero-order valence-electron chi connectivity index (χ0n) is 13.8. The van der Waals surface area contributed by atoms with Crippen LogP contribution in [0.2, 0.25) is 0 Å². The number of ether oxygens (including phenoxy) is 1. The summed E-state index contributed by atoms with van der Waals surface area (Å²) in [5.41, 5.74) is 1.99. The lowest BCUT2D eigenvalue weighted by Gasteiger charge is -2.35.